The summed E-state index contributed by atoms with van der Waals surface area (Å²) in [6.45, 7) is 4.38. The lowest BCUT2D eigenvalue weighted by atomic mass is 9.92. The van der Waals surface area contributed by atoms with Gasteiger partial charge in [0.15, 0.2) is 0 Å². The number of benzene rings is 1. The van der Waals surface area contributed by atoms with Gasteiger partial charge in [0.05, 0.1) is 6.10 Å². The monoisotopic (exact) mass is 297 g/mol. The lowest BCUT2D eigenvalue weighted by Crippen LogP contribution is -2.42. The average molecular weight is 297 g/mol. The molecule has 0 aromatic heterocycles. The minimum atomic E-state index is -0.571. The highest BCUT2D eigenvalue weighted by atomic mass is 19.1. The fourth-order valence-electron chi connectivity index (χ4n) is 2.69. The first-order valence-corrected chi connectivity index (χ1v) is 7.51. The molecule has 2 atom stereocenters. The van der Waals surface area contributed by atoms with E-state index in [9.17, 15) is 14.6 Å². The van der Waals surface area contributed by atoms with Gasteiger partial charge >= 0.3 is 0 Å². The van der Waals surface area contributed by atoms with Crippen LogP contribution in [-0.2, 0) is 0 Å². The van der Waals surface area contributed by atoms with Gasteiger partial charge in [-0.2, -0.15) is 0 Å². The number of halogens is 1. The van der Waals surface area contributed by atoms with Crippen molar-refractivity contribution in [1.82, 2.24) is 4.90 Å². The third-order valence-corrected chi connectivity index (χ3v) is 4.04. The SMILES string of the molecule is CC(O)C1CCN(CC(O)COc2ccc(F)cc2)CC1. The molecule has 2 rings (SSSR count). The molecule has 1 heterocycles. The number of aliphatic hydroxyl groups excluding tert-OH is 2. The Hall–Kier alpha value is -1.17. The molecule has 1 fully saturated rings. The zero-order valence-corrected chi connectivity index (χ0v) is 12.4. The quantitative estimate of drug-likeness (QED) is 0.838. The van der Waals surface area contributed by atoms with Gasteiger partial charge in [-0.3, -0.25) is 0 Å². The van der Waals surface area contributed by atoms with Crippen molar-refractivity contribution >= 4 is 0 Å². The van der Waals surface area contributed by atoms with Gasteiger partial charge in [0, 0.05) is 6.54 Å². The van der Waals surface area contributed by atoms with Gasteiger partial charge in [0.2, 0.25) is 0 Å². The van der Waals surface area contributed by atoms with Crippen LogP contribution in [0, 0.1) is 11.7 Å². The van der Waals surface area contributed by atoms with Gasteiger partial charge in [-0.05, 0) is 63.0 Å². The number of nitrogens with zero attached hydrogens (tertiary/aromatic N) is 1. The van der Waals surface area contributed by atoms with E-state index >= 15 is 0 Å². The second kappa shape index (κ2) is 7.73. The second-order valence-electron chi connectivity index (χ2n) is 5.80. The molecule has 0 spiro atoms. The van der Waals surface area contributed by atoms with Crippen LogP contribution in [0.5, 0.6) is 5.75 Å². The number of β-amino-alcohol motifs (C(OH)–C–C–N with tert-alkyl or cyclic N) is 1. The van der Waals surface area contributed by atoms with E-state index in [0.29, 0.717) is 18.2 Å². The molecule has 2 N–H and O–H groups in total. The van der Waals surface area contributed by atoms with Gasteiger partial charge in [-0.15, -0.1) is 0 Å². The zero-order chi connectivity index (χ0) is 15.2. The van der Waals surface area contributed by atoms with Gasteiger partial charge in [-0.25, -0.2) is 4.39 Å². The van der Waals surface area contributed by atoms with Crippen LogP contribution in [0.15, 0.2) is 24.3 Å². The number of hydrogen-bond donors (Lipinski definition) is 2. The summed E-state index contributed by atoms with van der Waals surface area (Å²) < 4.78 is 18.2. The maximum absolute atomic E-state index is 12.8. The van der Waals surface area contributed by atoms with Crippen LogP contribution in [-0.4, -0.2) is 53.6 Å². The molecule has 1 aliphatic rings. The number of ether oxygens (including phenoxy) is 1. The molecular formula is C16H24FNO3. The van der Waals surface area contributed by atoms with Crippen LogP contribution in [0.25, 0.3) is 0 Å². The lowest BCUT2D eigenvalue weighted by molar-refractivity contribution is 0.0336. The summed E-state index contributed by atoms with van der Waals surface area (Å²) in [5.74, 6) is 0.626. The normalized spacial score (nSPS) is 20.2. The molecule has 1 aromatic rings. The van der Waals surface area contributed by atoms with Crippen LogP contribution < -0.4 is 4.74 Å². The van der Waals surface area contributed by atoms with Crippen LogP contribution in [0.4, 0.5) is 4.39 Å². The Bertz CT molecular complexity index is 416. The minimum Gasteiger partial charge on any atom is -0.491 e. The van der Waals surface area contributed by atoms with Crippen molar-refractivity contribution in [2.24, 2.45) is 5.92 Å². The number of likely N-dealkylation sites (tertiary alicyclic amines) is 1. The molecule has 21 heavy (non-hydrogen) atoms. The third kappa shape index (κ3) is 5.26. The molecule has 1 aromatic carbocycles. The standard InChI is InChI=1S/C16H24FNO3/c1-12(19)13-6-8-18(9-7-13)10-15(20)11-21-16-4-2-14(17)3-5-16/h2-5,12-13,15,19-20H,6-11H2,1H3. The average Bonchev–Trinajstić information content (AvgIpc) is 2.47. The van der Waals surface area contributed by atoms with E-state index in [1.165, 1.54) is 12.1 Å². The Morgan fingerprint density at radius 2 is 1.86 bits per heavy atom. The van der Waals surface area contributed by atoms with E-state index in [4.69, 9.17) is 4.74 Å². The van der Waals surface area contributed by atoms with Crippen LogP contribution in [0.3, 0.4) is 0 Å². The van der Waals surface area contributed by atoms with Crippen molar-refractivity contribution < 1.29 is 19.3 Å². The molecule has 0 radical (unpaired) electrons. The highest BCUT2D eigenvalue weighted by Gasteiger charge is 2.23. The van der Waals surface area contributed by atoms with Crippen LogP contribution in [0.1, 0.15) is 19.8 Å². The Labute approximate surface area is 125 Å². The number of rotatable bonds is 6. The van der Waals surface area contributed by atoms with Gasteiger partial charge in [0.25, 0.3) is 0 Å². The predicted octanol–water partition coefficient (Wildman–Crippen LogP) is 1.66. The molecule has 4 nitrogen and oxygen atoms in total. The fourth-order valence-corrected chi connectivity index (χ4v) is 2.69. The van der Waals surface area contributed by atoms with E-state index < -0.39 is 6.10 Å². The second-order valence-corrected chi connectivity index (χ2v) is 5.80. The smallest absolute Gasteiger partial charge is 0.123 e. The van der Waals surface area contributed by atoms with Crippen molar-refractivity contribution in [3.63, 3.8) is 0 Å². The third-order valence-electron chi connectivity index (χ3n) is 4.04. The van der Waals surface area contributed by atoms with Crippen molar-refractivity contribution in [1.29, 1.82) is 0 Å². The number of piperidine rings is 1. The first-order chi connectivity index (χ1) is 10.0. The van der Waals surface area contributed by atoms with E-state index in [0.717, 1.165) is 25.9 Å². The van der Waals surface area contributed by atoms with Crippen molar-refractivity contribution in [3.05, 3.63) is 30.1 Å². The first-order valence-electron chi connectivity index (χ1n) is 7.51. The summed E-state index contributed by atoms with van der Waals surface area (Å²) in [6, 6.07) is 5.78. The minimum absolute atomic E-state index is 0.196. The summed E-state index contributed by atoms with van der Waals surface area (Å²) in [5, 5.41) is 19.6. The molecule has 0 bridgehead atoms. The van der Waals surface area contributed by atoms with Crippen LogP contribution >= 0.6 is 0 Å². The van der Waals surface area contributed by atoms with E-state index in [1.54, 1.807) is 12.1 Å². The molecule has 5 heteroatoms. The van der Waals surface area contributed by atoms with Gasteiger partial charge < -0.3 is 19.8 Å². The number of hydrogen-bond acceptors (Lipinski definition) is 4. The summed E-state index contributed by atoms with van der Waals surface area (Å²) in [5.41, 5.74) is 0. The molecule has 0 amide bonds. The van der Waals surface area contributed by atoms with Gasteiger partial charge in [0.1, 0.15) is 24.3 Å². The lowest BCUT2D eigenvalue weighted by Gasteiger charge is -2.34. The van der Waals surface area contributed by atoms with Crippen molar-refractivity contribution in [2.45, 2.75) is 32.0 Å². The highest BCUT2D eigenvalue weighted by molar-refractivity contribution is 5.22. The Morgan fingerprint density at radius 3 is 2.43 bits per heavy atom. The summed E-state index contributed by atoms with van der Waals surface area (Å²) >= 11 is 0. The first kappa shape index (κ1) is 16.2. The summed E-state index contributed by atoms with van der Waals surface area (Å²) in [6.07, 6.45) is 1.10. The van der Waals surface area contributed by atoms with Gasteiger partial charge in [-0.1, -0.05) is 0 Å². The van der Waals surface area contributed by atoms with E-state index in [1.807, 2.05) is 6.92 Å². The topological polar surface area (TPSA) is 52.9 Å². The van der Waals surface area contributed by atoms with Crippen LogP contribution in [0.2, 0.25) is 0 Å². The Balaban J connectivity index is 1.68. The Kier molecular flexibility index (Phi) is 5.96. The van der Waals surface area contributed by atoms with Crippen molar-refractivity contribution in [3.8, 4) is 5.75 Å². The largest absolute Gasteiger partial charge is 0.491 e. The fraction of sp³-hybridized carbons (Fsp3) is 0.625. The summed E-state index contributed by atoms with van der Waals surface area (Å²) in [4.78, 5) is 2.19. The maximum Gasteiger partial charge on any atom is 0.123 e. The molecular weight excluding hydrogens is 273 g/mol. The zero-order valence-electron chi connectivity index (χ0n) is 12.4. The maximum atomic E-state index is 12.8. The van der Waals surface area contributed by atoms with E-state index in [2.05, 4.69) is 4.90 Å². The molecule has 0 saturated carbocycles. The van der Waals surface area contributed by atoms with E-state index in [-0.39, 0.29) is 18.5 Å². The van der Waals surface area contributed by atoms with Crippen molar-refractivity contribution in [2.75, 3.05) is 26.2 Å². The Morgan fingerprint density at radius 1 is 1.24 bits per heavy atom. The number of aliphatic hydroxyl groups is 2. The highest BCUT2D eigenvalue weighted by Crippen LogP contribution is 2.20. The predicted molar refractivity (Wildman–Crippen MR) is 78.7 cm³/mol. The summed E-state index contributed by atoms with van der Waals surface area (Å²) in [7, 11) is 0. The molecule has 1 saturated heterocycles. The molecule has 118 valence electrons. The molecule has 2 unspecified atom stereocenters. The molecule has 1 aliphatic heterocycles. The molecule has 0 aliphatic carbocycles.